The second-order valence-electron chi connectivity index (χ2n) is 9.47. The van der Waals surface area contributed by atoms with E-state index in [4.69, 9.17) is 9.47 Å². The minimum Gasteiger partial charge on any atom is -0.508 e. The zero-order chi connectivity index (χ0) is 27.6. The average molecular weight is 529 g/mol. The van der Waals surface area contributed by atoms with E-state index in [1.807, 2.05) is 121 Å². The molecule has 200 valence electrons. The zero-order valence-corrected chi connectivity index (χ0v) is 22.2. The van der Waals surface area contributed by atoms with Crippen molar-refractivity contribution in [2.45, 2.75) is 19.6 Å². The van der Waals surface area contributed by atoms with Crippen molar-refractivity contribution in [2.24, 2.45) is 0 Å². The van der Waals surface area contributed by atoms with Crippen molar-refractivity contribution in [1.82, 2.24) is 0 Å². The first-order valence-electron chi connectivity index (χ1n) is 13.4. The molecule has 4 heteroatoms. The lowest BCUT2D eigenvalue weighted by atomic mass is 9.88. The summed E-state index contributed by atoms with van der Waals surface area (Å²) in [5, 5.41) is 20.0. The molecule has 0 atom stereocenters. The molecule has 5 aromatic rings. The molecule has 0 spiro atoms. The lowest BCUT2D eigenvalue weighted by molar-refractivity contribution is 0.304. The van der Waals surface area contributed by atoms with Crippen molar-refractivity contribution in [2.75, 3.05) is 6.61 Å². The van der Waals surface area contributed by atoms with Gasteiger partial charge in [-0.05, 0) is 81.8 Å². The summed E-state index contributed by atoms with van der Waals surface area (Å²) in [7, 11) is 0. The van der Waals surface area contributed by atoms with Crippen LogP contribution in [0.1, 0.15) is 34.2 Å². The highest BCUT2D eigenvalue weighted by atomic mass is 16.5. The van der Waals surface area contributed by atoms with Crippen molar-refractivity contribution in [1.29, 1.82) is 0 Å². The molecule has 0 radical (unpaired) electrons. The van der Waals surface area contributed by atoms with Gasteiger partial charge in [0, 0.05) is 6.61 Å². The number of aromatic hydroxyl groups is 1. The molecule has 0 saturated carbocycles. The molecular formula is C36H32O4. The third kappa shape index (κ3) is 6.99. The lowest BCUT2D eigenvalue weighted by Gasteiger charge is -2.18. The summed E-state index contributed by atoms with van der Waals surface area (Å²) in [6.07, 6.45) is 0.465. The second-order valence-corrected chi connectivity index (χ2v) is 9.47. The number of ether oxygens (including phenoxy) is 2. The van der Waals surface area contributed by atoms with Gasteiger partial charge in [-0.1, -0.05) is 97.1 Å². The predicted molar refractivity (Wildman–Crippen MR) is 160 cm³/mol. The molecule has 0 fully saturated rings. The molecule has 0 aromatic heterocycles. The van der Waals surface area contributed by atoms with Crippen molar-refractivity contribution < 1.29 is 19.7 Å². The van der Waals surface area contributed by atoms with Crippen molar-refractivity contribution >= 4 is 11.1 Å². The summed E-state index contributed by atoms with van der Waals surface area (Å²) in [5.41, 5.74) is 7.14. The minimum atomic E-state index is 0.00143. The average Bonchev–Trinajstić information content (AvgIpc) is 3.01. The molecule has 0 bridgehead atoms. The Labute approximate surface area is 235 Å². The van der Waals surface area contributed by atoms with E-state index in [1.54, 1.807) is 12.1 Å². The molecule has 0 amide bonds. The SMILES string of the molecule is OCCC(=C(c1ccc(O)cc1)c1ccc(OCc2ccccc2)cc1)c1ccc(OCc2ccccc2)cc1. The van der Waals surface area contributed by atoms with E-state index in [0.29, 0.717) is 19.6 Å². The van der Waals surface area contributed by atoms with Crippen LogP contribution in [0.15, 0.2) is 133 Å². The molecule has 0 heterocycles. The minimum absolute atomic E-state index is 0.00143. The molecule has 0 aliphatic carbocycles. The first kappa shape index (κ1) is 26.8. The maximum atomic E-state index is 10.1. The van der Waals surface area contributed by atoms with E-state index in [0.717, 1.165) is 50.5 Å². The van der Waals surface area contributed by atoms with Crippen LogP contribution in [0.5, 0.6) is 17.2 Å². The lowest BCUT2D eigenvalue weighted by Crippen LogP contribution is -1.99. The van der Waals surface area contributed by atoms with Crippen molar-refractivity contribution in [3.63, 3.8) is 0 Å². The quantitative estimate of drug-likeness (QED) is 0.171. The van der Waals surface area contributed by atoms with Gasteiger partial charge >= 0.3 is 0 Å². The second kappa shape index (κ2) is 13.3. The number of rotatable bonds is 11. The zero-order valence-electron chi connectivity index (χ0n) is 22.2. The maximum Gasteiger partial charge on any atom is 0.119 e. The molecule has 4 nitrogen and oxygen atoms in total. The first-order chi connectivity index (χ1) is 19.7. The van der Waals surface area contributed by atoms with Crippen LogP contribution in [0.25, 0.3) is 11.1 Å². The Balaban J connectivity index is 1.45. The van der Waals surface area contributed by atoms with Crippen molar-refractivity contribution in [3.8, 4) is 17.2 Å². The van der Waals surface area contributed by atoms with E-state index < -0.39 is 0 Å². The molecule has 0 unspecified atom stereocenters. The predicted octanol–water partition coefficient (Wildman–Crippen LogP) is 7.89. The van der Waals surface area contributed by atoms with Gasteiger partial charge in [0.2, 0.25) is 0 Å². The number of aliphatic hydroxyl groups is 1. The molecule has 40 heavy (non-hydrogen) atoms. The number of hydrogen-bond donors (Lipinski definition) is 2. The Morgan fingerprint density at radius 1 is 0.500 bits per heavy atom. The van der Waals surface area contributed by atoms with E-state index in [-0.39, 0.29) is 12.4 Å². The Kier molecular flexibility index (Phi) is 8.92. The summed E-state index contributed by atoms with van der Waals surface area (Å²) in [6, 6.07) is 43.3. The number of phenols is 1. The van der Waals surface area contributed by atoms with Crippen LogP contribution in [0.2, 0.25) is 0 Å². The molecule has 0 aliphatic rings. The largest absolute Gasteiger partial charge is 0.508 e. The standard InChI is InChI=1S/C36H32O4/c37-24-23-35(29-13-19-33(20-14-29)39-25-27-7-3-1-4-8-27)36(30-11-17-32(38)18-12-30)31-15-21-34(22-16-31)40-26-28-9-5-2-6-10-28/h1-22,37-38H,23-26H2. The Morgan fingerprint density at radius 3 is 1.38 bits per heavy atom. The van der Waals surface area contributed by atoms with E-state index >= 15 is 0 Å². The van der Waals surface area contributed by atoms with Crippen LogP contribution in [0.3, 0.4) is 0 Å². The molecule has 5 rings (SSSR count). The van der Waals surface area contributed by atoms with Gasteiger partial charge in [0.15, 0.2) is 0 Å². The summed E-state index contributed by atoms with van der Waals surface area (Å²) in [5.74, 6) is 1.76. The number of phenolic OH excluding ortho intramolecular Hbond substituents is 1. The van der Waals surface area contributed by atoms with E-state index in [1.165, 1.54) is 0 Å². The van der Waals surface area contributed by atoms with E-state index in [9.17, 15) is 10.2 Å². The van der Waals surface area contributed by atoms with Crippen LogP contribution in [-0.2, 0) is 13.2 Å². The van der Waals surface area contributed by atoms with Gasteiger partial charge in [-0.3, -0.25) is 0 Å². The van der Waals surface area contributed by atoms with Gasteiger partial charge in [-0.25, -0.2) is 0 Å². The van der Waals surface area contributed by atoms with Gasteiger partial charge in [-0.15, -0.1) is 0 Å². The fourth-order valence-corrected chi connectivity index (χ4v) is 4.62. The van der Waals surface area contributed by atoms with Gasteiger partial charge < -0.3 is 19.7 Å². The molecule has 0 aliphatic heterocycles. The monoisotopic (exact) mass is 528 g/mol. The van der Waals surface area contributed by atoms with Crippen LogP contribution in [0.4, 0.5) is 0 Å². The normalized spacial score (nSPS) is 11.5. The molecule has 0 saturated heterocycles. The van der Waals surface area contributed by atoms with Gasteiger partial charge in [0.1, 0.15) is 30.5 Å². The molecule has 5 aromatic carbocycles. The smallest absolute Gasteiger partial charge is 0.119 e. The molecular weight excluding hydrogens is 496 g/mol. The summed E-state index contributed by atoms with van der Waals surface area (Å²) >= 11 is 0. The Hall–Kier alpha value is -4.80. The van der Waals surface area contributed by atoms with Crippen LogP contribution >= 0.6 is 0 Å². The van der Waals surface area contributed by atoms with Crippen LogP contribution in [0, 0.1) is 0 Å². The highest BCUT2D eigenvalue weighted by molar-refractivity contribution is 5.98. The third-order valence-electron chi connectivity index (χ3n) is 6.66. The summed E-state index contributed by atoms with van der Waals surface area (Å²) in [6.45, 7) is 0.994. The van der Waals surface area contributed by atoms with E-state index in [2.05, 4.69) is 0 Å². The summed E-state index contributed by atoms with van der Waals surface area (Å²) in [4.78, 5) is 0. The van der Waals surface area contributed by atoms with Crippen LogP contribution < -0.4 is 9.47 Å². The highest BCUT2D eigenvalue weighted by Crippen LogP contribution is 2.36. The number of benzene rings is 5. The van der Waals surface area contributed by atoms with Gasteiger partial charge in [0.05, 0.1) is 0 Å². The highest BCUT2D eigenvalue weighted by Gasteiger charge is 2.15. The summed E-state index contributed by atoms with van der Waals surface area (Å²) < 4.78 is 12.0. The van der Waals surface area contributed by atoms with Crippen LogP contribution in [-0.4, -0.2) is 16.8 Å². The van der Waals surface area contributed by atoms with Gasteiger partial charge in [-0.2, -0.15) is 0 Å². The number of aliphatic hydroxyl groups excluding tert-OH is 1. The Morgan fingerprint density at radius 2 is 0.925 bits per heavy atom. The number of hydrogen-bond acceptors (Lipinski definition) is 4. The fourth-order valence-electron chi connectivity index (χ4n) is 4.62. The molecule has 2 N–H and O–H groups in total. The maximum absolute atomic E-state index is 10.1. The topological polar surface area (TPSA) is 58.9 Å². The third-order valence-corrected chi connectivity index (χ3v) is 6.66. The first-order valence-corrected chi connectivity index (χ1v) is 13.4. The fraction of sp³-hybridized carbons (Fsp3) is 0.111. The van der Waals surface area contributed by atoms with Crippen molar-refractivity contribution in [3.05, 3.63) is 161 Å². The van der Waals surface area contributed by atoms with Gasteiger partial charge in [0.25, 0.3) is 0 Å². The Bertz CT molecular complexity index is 1510.